The molecule has 0 aromatic rings. The van der Waals surface area contributed by atoms with Crippen LogP contribution in [0, 0.1) is 17.8 Å². The fraction of sp³-hybridized carbons (Fsp3) is 0.923. The summed E-state index contributed by atoms with van der Waals surface area (Å²) in [5.41, 5.74) is 0. The van der Waals surface area contributed by atoms with Crippen molar-refractivity contribution in [3.8, 4) is 0 Å². The van der Waals surface area contributed by atoms with Crippen LogP contribution in [0.2, 0.25) is 0 Å². The van der Waals surface area contributed by atoms with Crippen LogP contribution in [-0.4, -0.2) is 25.2 Å². The third-order valence-electron chi connectivity index (χ3n) is 4.47. The Morgan fingerprint density at radius 1 is 1.25 bits per heavy atom. The maximum absolute atomic E-state index is 11.9. The summed E-state index contributed by atoms with van der Waals surface area (Å²) < 4.78 is 5.38. The number of fused-ring (bicyclic) bond motifs is 1. The lowest BCUT2D eigenvalue weighted by molar-refractivity contribution is -0.147. The number of carbonyl (C=O) groups is 1. The lowest BCUT2D eigenvalue weighted by atomic mass is 9.94. The second-order valence-electron chi connectivity index (χ2n) is 5.64. The third kappa shape index (κ3) is 2.10. The van der Waals surface area contributed by atoms with Crippen molar-refractivity contribution in [1.82, 2.24) is 5.32 Å². The Morgan fingerprint density at radius 2 is 2.12 bits per heavy atom. The van der Waals surface area contributed by atoms with Gasteiger partial charge >= 0.3 is 5.97 Å². The summed E-state index contributed by atoms with van der Waals surface area (Å²) in [7, 11) is 0. The number of nitrogens with one attached hydrogen (secondary N) is 1. The molecule has 16 heavy (non-hydrogen) atoms. The largest absolute Gasteiger partial charge is 0.465 e. The van der Waals surface area contributed by atoms with Gasteiger partial charge < -0.3 is 10.1 Å². The summed E-state index contributed by atoms with van der Waals surface area (Å²) in [6, 6.07) is 0.00621. The Morgan fingerprint density at radius 3 is 2.94 bits per heavy atom. The lowest BCUT2D eigenvalue weighted by Crippen LogP contribution is -2.37. The third-order valence-corrected chi connectivity index (χ3v) is 4.47. The molecule has 1 saturated heterocycles. The van der Waals surface area contributed by atoms with Crippen LogP contribution in [0.4, 0.5) is 0 Å². The topological polar surface area (TPSA) is 38.3 Å². The van der Waals surface area contributed by atoms with Crippen molar-refractivity contribution < 1.29 is 9.53 Å². The molecule has 0 spiro atoms. The van der Waals surface area contributed by atoms with Crippen LogP contribution in [0.3, 0.4) is 0 Å². The minimum atomic E-state index is 0.00621. The molecule has 3 fully saturated rings. The van der Waals surface area contributed by atoms with Gasteiger partial charge in [-0.2, -0.15) is 0 Å². The molecule has 3 heteroatoms. The summed E-state index contributed by atoms with van der Waals surface area (Å²) in [5.74, 6) is 2.16. The molecule has 0 aromatic heterocycles. The van der Waals surface area contributed by atoms with E-state index in [1.807, 2.05) is 0 Å². The van der Waals surface area contributed by atoms with Crippen molar-refractivity contribution in [2.45, 2.75) is 44.6 Å². The molecular weight excluding hydrogens is 202 g/mol. The van der Waals surface area contributed by atoms with Crippen molar-refractivity contribution >= 4 is 5.97 Å². The van der Waals surface area contributed by atoms with E-state index in [0.717, 1.165) is 24.8 Å². The SMILES string of the molecule is O=C(OCCC1CC1)C1NCC2CCCC21. The predicted molar refractivity (Wildman–Crippen MR) is 60.9 cm³/mol. The van der Waals surface area contributed by atoms with Gasteiger partial charge in [-0.25, -0.2) is 0 Å². The van der Waals surface area contributed by atoms with E-state index in [-0.39, 0.29) is 12.0 Å². The van der Waals surface area contributed by atoms with Crippen molar-refractivity contribution in [3.05, 3.63) is 0 Å². The minimum Gasteiger partial charge on any atom is -0.465 e. The number of hydrogen-bond acceptors (Lipinski definition) is 3. The van der Waals surface area contributed by atoms with Crippen molar-refractivity contribution in [1.29, 1.82) is 0 Å². The first-order chi connectivity index (χ1) is 7.84. The molecule has 1 aliphatic heterocycles. The van der Waals surface area contributed by atoms with Crippen LogP contribution < -0.4 is 5.32 Å². The van der Waals surface area contributed by atoms with Crippen LogP contribution in [0.25, 0.3) is 0 Å². The Labute approximate surface area is 96.9 Å². The number of carbonyl (C=O) groups excluding carboxylic acids is 1. The second kappa shape index (κ2) is 4.36. The zero-order valence-corrected chi connectivity index (χ0v) is 9.78. The molecular formula is C13H21NO2. The summed E-state index contributed by atoms with van der Waals surface area (Å²) in [6.45, 7) is 1.66. The Balaban J connectivity index is 1.46. The fourth-order valence-electron chi connectivity index (χ4n) is 3.27. The highest BCUT2D eigenvalue weighted by molar-refractivity contribution is 5.76. The van der Waals surface area contributed by atoms with Gasteiger partial charge in [0.15, 0.2) is 0 Å². The smallest absolute Gasteiger partial charge is 0.323 e. The summed E-state index contributed by atoms with van der Waals surface area (Å²) >= 11 is 0. The van der Waals surface area contributed by atoms with E-state index in [2.05, 4.69) is 5.32 Å². The highest BCUT2D eigenvalue weighted by atomic mass is 16.5. The number of hydrogen-bond donors (Lipinski definition) is 1. The predicted octanol–water partition coefficient (Wildman–Crippen LogP) is 1.72. The number of esters is 1. The molecule has 1 heterocycles. The van der Waals surface area contributed by atoms with Gasteiger partial charge in [-0.15, -0.1) is 0 Å². The van der Waals surface area contributed by atoms with Crippen molar-refractivity contribution in [2.24, 2.45) is 17.8 Å². The molecule has 3 rings (SSSR count). The summed E-state index contributed by atoms with van der Waals surface area (Å²) in [6.07, 6.45) is 7.55. The normalized spacial score (nSPS) is 37.4. The highest BCUT2D eigenvalue weighted by Gasteiger charge is 2.43. The van der Waals surface area contributed by atoms with Gasteiger partial charge in [0.2, 0.25) is 0 Å². The molecule has 0 amide bonds. The Hall–Kier alpha value is -0.570. The van der Waals surface area contributed by atoms with Gasteiger partial charge in [0.25, 0.3) is 0 Å². The van der Waals surface area contributed by atoms with Crippen molar-refractivity contribution in [3.63, 3.8) is 0 Å². The van der Waals surface area contributed by atoms with Crippen LogP contribution in [0.15, 0.2) is 0 Å². The van der Waals surface area contributed by atoms with Gasteiger partial charge in [0.1, 0.15) is 6.04 Å². The summed E-state index contributed by atoms with van der Waals surface area (Å²) in [4.78, 5) is 11.9. The van der Waals surface area contributed by atoms with E-state index >= 15 is 0 Å². The van der Waals surface area contributed by atoms with Crippen LogP contribution in [0.5, 0.6) is 0 Å². The van der Waals surface area contributed by atoms with Gasteiger partial charge in [-0.1, -0.05) is 19.3 Å². The fourth-order valence-corrected chi connectivity index (χ4v) is 3.27. The monoisotopic (exact) mass is 223 g/mol. The highest BCUT2D eigenvalue weighted by Crippen LogP contribution is 2.38. The zero-order valence-electron chi connectivity index (χ0n) is 9.78. The maximum Gasteiger partial charge on any atom is 0.323 e. The Kier molecular flexibility index (Phi) is 2.88. The van der Waals surface area contributed by atoms with Crippen LogP contribution in [0.1, 0.15) is 38.5 Å². The minimum absolute atomic E-state index is 0.00621. The molecule has 3 aliphatic rings. The maximum atomic E-state index is 11.9. The Bertz CT molecular complexity index is 275. The number of rotatable bonds is 4. The average Bonchev–Trinajstić information content (AvgIpc) is 2.83. The van der Waals surface area contributed by atoms with E-state index < -0.39 is 0 Å². The molecule has 90 valence electrons. The standard InChI is InChI=1S/C13H21NO2/c15-13(16-7-6-9-4-5-9)12-11-3-1-2-10(11)8-14-12/h9-12,14H,1-8H2. The first kappa shape index (κ1) is 10.6. The molecule has 2 aliphatic carbocycles. The van der Waals surface area contributed by atoms with E-state index in [1.165, 1.54) is 32.1 Å². The van der Waals surface area contributed by atoms with E-state index in [0.29, 0.717) is 12.5 Å². The molecule has 0 aromatic carbocycles. The second-order valence-corrected chi connectivity index (χ2v) is 5.64. The average molecular weight is 223 g/mol. The first-order valence-corrected chi connectivity index (χ1v) is 6.74. The number of ether oxygens (including phenoxy) is 1. The van der Waals surface area contributed by atoms with Crippen molar-refractivity contribution in [2.75, 3.05) is 13.2 Å². The van der Waals surface area contributed by atoms with Gasteiger partial charge in [0, 0.05) is 0 Å². The molecule has 3 atom stereocenters. The van der Waals surface area contributed by atoms with E-state index in [4.69, 9.17) is 4.74 Å². The molecule has 3 nitrogen and oxygen atoms in total. The van der Waals surface area contributed by atoms with Crippen LogP contribution in [-0.2, 0) is 9.53 Å². The lowest BCUT2D eigenvalue weighted by Gasteiger charge is -2.16. The molecule has 0 radical (unpaired) electrons. The van der Waals surface area contributed by atoms with Crippen LogP contribution >= 0.6 is 0 Å². The molecule has 2 saturated carbocycles. The van der Waals surface area contributed by atoms with E-state index in [1.54, 1.807) is 0 Å². The molecule has 1 N–H and O–H groups in total. The zero-order chi connectivity index (χ0) is 11.0. The first-order valence-electron chi connectivity index (χ1n) is 6.74. The van der Waals surface area contributed by atoms with E-state index in [9.17, 15) is 4.79 Å². The molecule has 3 unspecified atom stereocenters. The van der Waals surface area contributed by atoms with Gasteiger partial charge in [0.05, 0.1) is 6.61 Å². The van der Waals surface area contributed by atoms with Gasteiger partial charge in [-0.3, -0.25) is 4.79 Å². The summed E-state index contributed by atoms with van der Waals surface area (Å²) in [5, 5.41) is 3.34. The van der Waals surface area contributed by atoms with Gasteiger partial charge in [-0.05, 0) is 43.6 Å². The molecule has 0 bridgehead atoms. The quantitative estimate of drug-likeness (QED) is 0.737.